The van der Waals surface area contributed by atoms with Gasteiger partial charge in [-0.2, -0.15) is 0 Å². The molecule has 0 aliphatic heterocycles. The first-order valence-electron chi connectivity index (χ1n) is 7.38. The Bertz CT molecular complexity index is 935. The van der Waals surface area contributed by atoms with Crippen molar-refractivity contribution in [1.29, 1.82) is 0 Å². The summed E-state index contributed by atoms with van der Waals surface area (Å²) in [5.74, 6) is 0.661. The highest BCUT2D eigenvalue weighted by Crippen LogP contribution is 2.42. The molecule has 0 spiro atoms. The van der Waals surface area contributed by atoms with E-state index in [2.05, 4.69) is 10.3 Å². The molecule has 4 rings (SSSR count). The second-order valence-corrected chi connectivity index (χ2v) is 6.97. The van der Waals surface area contributed by atoms with Gasteiger partial charge in [0.05, 0.1) is 12.8 Å². The van der Waals surface area contributed by atoms with E-state index in [9.17, 15) is 4.79 Å². The van der Waals surface area contributed by atoms with Crippen molar-refractivity contribution in [1.82, 2.24) is 4.98 Å². The number of methoxy groups -OCH3 is 1. The molecule has 1 aromatic heterocycles. The SMILES string of the molecule is COc1ccc2c(c1)Cc1sc(NC(=O)c3ccc(Cl)cc3)nc1-2. The van der Waals surface area contributed by atoms with Crippen LogP contribution < -0.4 is 10.1 Å². The number of hydrogen-bond donors (Lipinski definition) is 1. The molecule has 1 amide bonds. The highest BCUT2D eigenvalue weighted by Gasteiger charge is 2.24. The lowest BCUT2D eigenvalue weighted by molar-refractivity contribution is 0.102. The molecule has 120 valence electrons. The molecule has 3 aromatic rings. The van der Waals surface area contributed by atoms with Crippen molar-refractivity contribution in [2.75, 3.05) is 12.4 Å². The van der Waals surface area contributed by atoms with Crippen LogP contribution in [0.5, 0.6) is 5.75 Å². The number of nitrogens with one attached hydrogen (secondary N) is 1. The summed E-state index contributed by atoms with van der Waals surface area (Å²) >= 11 is 7.35. The third kappa shape index (κ3) is 2.66. The summed E-state index contributed by atoms with van der Waals surface area (Å²) in [5, 5.41) is 4.08. The molecule has 0 saturated heterocycles. The van der Waals surface area contributed by atoms with Crippen molar-refractivity contribution in [2.24, 2.45) is 0 Å². The topological polar surface area (TPSA) is 51.2 Å². The Morgan fingerprint density at radius 2 is 2.04 bits per heavy atom. The normalized spacial score (nSPS) is 11.8. The van der Waals surface area contributed by atoms with Gasteiger partial charge in [-0.15, -0.1) is 11.3 Å². The molecule has 4 nitrogen and oxygen atoms in total. The molecular weight excluding hydrogens is 344 g/mol. The third-order valence-corrected chi connectivity index (χ3v) is 5.17. The second kappa shape index (κ2) is 5.92. The molecule has 0 radical (unpaired) electrons. The number of fused-ring (bicyclic) bond motifs is 3. The van der Waals surface area contributed by atoms with Gasteiger partial charge in [-0.05, 0) is 48.0 Å². The van der Waals surface area contributed by atoms with E-state index in [1.807, 2.05) is 18.2 Å². The standard InChI is InChI=1S/C18H13ClN2O2S/c1-23-13-6-7-14-11(8-13)9-15-16(14)20-18(24-15)21-17(22)10-2-4-12(19)5-3-10/h2-8H,9H2,1H3,(H,20,21,22). The molecular formula is C18H13ClN2O2S. The molecule has 0 atom stereocenters. The van der Waals surface area contributed by atoms with Crippen LogP contribution >= 0.6 is 22.9 Å². The van der Waals surface area contributed by atoms with Crippen molar-refractivity contribution in [3.63, 3.8) is 0 Å². The van der Waals surface area contributed by atoms with Crippen LogP contribution in [0.25, 0.3) is 11.3 Å². The maximum Gasteiger partial charge on any atom is 0.257 e. The first-order valence-corrected chi connectivity index (χ1v) is 8.57. The largest absolute Gasteiger partial charge is 0.497 e. The van der Waals surface area contributed by atoms with Gasteiger partial charge in [0.1, 0.15) is 5.75 Å². The number of nitrogens with zero attached hydrogens (tertiary/aromatic N) is 1. The van der Waals surface area contributed by atoms with E-state index in [-0.39, 0.29) is 5.91 Å². The molecule has 0 fully saturated rings. The van der Waals surface area contributed by atoms with Crippen molar-refractivity contribution in [2.45, 2.75) is 6.42 Å². The number of carbonyl (C=O) groups excluding carboxylic acids is 1. The zero-order valence-corrected chi connectivity index (χ0v) is 14.4. The molecule has 0 unspecified atom stereocenters. The van der Waals surface area contributed by atoms with Crippen molar-refractivity contribution < 1.29 is 9.53 Å². The maximum atomic E-state index is 12.3. The lowest BCUT2D eigenvalue weighted by atomic mass is 10.1. The predicted molar refractivity (Wildman–Crippen MR) is 96.3 cm³/mol. The van der Waals surface area contributed by atoms with E-state index >= 15 is 0 Å². The Morgan fingerprint density at radius 1 is 1.25 bits per heavy atom. The molecule has 0 bridgehead atoms. The number of benzene rings is 2. The fourth-order valence-electron chi connectivity index (χ4n) is 2.75. The van der Waals surface area contributed by atoms with Gasteiger partial charge in [-0.3, -0.25) is 10.1 Å². The number of hydrogen-bond acceptors (Lipinski definition) is 4. The average Bonchev–Trinajstić information content (AvgIpc) is 3.11. The Hall–Kier alpha value is -2.37. The lowest BCUT2D eigenvalue weighted by Gasteiger charge is -2.04. The molecule has 1 heterocycles. The Balaban J connectivity index is 1.57. The first kappa shape index (κ1) is 15.2. The number of aromatic nitrogens is 1. The number of carbonyl (C=O) groups is 1. The summed E-state index contributed by atoms with van der Waals surface area (Å²) in [6.45, 7) is 0. The van der Waals surface area contributed by atoms with Gasteiger partial charge in [-0.1, -0.05) is 11.6 Å². The van der Waals surface area contributed by atoms with E-state index in [4.69, 9.17) is 16.3 Å². The second-order valence-electron chi connectivity index (χ2n) is 5.45. The number of anilines is 1. The quantitative estimate of drug-likeness (QED) is 0.582. The van der Waals surface area contributed by atoms with Crippen LogP contribution in [-0.2, 0) is 6.42 Å². The molecule has 0 saturated carbocycles. The van der Waals surface area contributed by atoms with Crippen molar-refractivity contribution in [3.05, 3.63) is 63.5 Å². The van der Waals surface area contributed by atoms with Gasteiger partial charge in [0, 0.05) is 27.4 Å². The summed E-state index contributed by atoms with van der Waals surface area (Å²) in [7, 11) is 1.66. The fourth-order valence-corrected chi connectivity index (χ4v) is 3.87. The van der Waals surface area contributed by atoms with Crippen LogP contribution in [0.1, 0.15) is 20.8 Å². The zero-order valence-electron chi connectivity index (χ0n) is 12.8. The molecule has 1 aliphatic rings. The molecule has 2 aromatic carbocycles. The van der Waals surface area contributed by atoms with Crippen LogP contribution in [0.15, 0.2) is 42.5 Å². The van der Waals surface area contributed by atoms with E-state index in [0.717, 1.165) is 28.3 Å². The van der Waals surface area contributed by atoms with Crippen LogP contribution in [0.4, 0.5) is 5.13 Å². The lowest BCUT2D eigenvalue weighted by Crippen LogP contribution is -2.11. The maximum absolute atomic E-state index is 12.3. The van der Waals surface area contributed by atoms with E-state index in [0.29, 0.717) is 15.7 Å². The average molecular weight is 357 g/mol. The van der Waals surface area contributed by atoms with E-state index in [1.54, 1.807) is 31.4 Å². The minimum atomic E-state index is -0.186. The smallest absolute Gasteiger partial charge is 0.257 e. The van der Waals surface area contributed by atoms with Gasteiger partial charge < -0.3 is 4.74 Å². The van der Waals surface area contributed by atoms with Crippen LogP contribution in [-0.4, -0.2) is 18.0 Å². The third-order valence-electron chi connectivity index (χ3n) is 3.94. The van der Waals surface area contributed by atoms with E-state index in [1.165, 1.54) is 16.9 Å². The highest BCUT2D eigenvalue weighted by molar-refractivity contribution is 7.16. The minimum Gasteiger partial charge on any atom is -0.497 e. The Kier molecular flexibility index (Phi) is 3.75. The van der Waals surface area contributed by atoms with Gasteiger partial charge in [-0.25, -0.2) is 4.98 Å². The first-order chi connectivity index (χ1) is 11.6. The van der Waals surface area contributed by atoms with Gasteiger partial charge in [0.2, 0.25) is 0 Å². The van der Waals surface area contributed by atoms with Gasteiger partial charge in [0.25, 0.3) is 5.91 Å². The fraction of sp³-hybridized carbons (Fsp3) is 0.111. The van der Waals surface area contributed by atoms with Gasteiger partial charge in [0.15, 0.2) is 5.13 Å². The molecule has 6 heteroatoms. The number of thiazole rings is 1. The zero-order chi connectivity index (χ0) is 16.7. The number of halogens is 1. The molecule has 24 heavy (non-hydrogen) atoms. The predicted octanol–water partition coefficient (Wildman–Crippen LogP) is 4.63. The minimum absolute atomic E-state index is 0.186. The summed E-state index contributed by atoms with van der Waals surface area (Å²) < 4.78 is 5.27. The summed E-state index contributed by atoms with van der Waals surface area (Å²) in [4.78, 5) is 18.0. The monoisotopic (exact) mass is 356 g/mol. The molecule has 1 N–H and O–H groups in total. The van der Waals surface area contributed by atoms with Gasteiger partial charge >= 0.3 is 0 Å². The molecule has 1 aliphatic carbocycles. The summed E-state index contributed by atoms with van der Waals surface area (Å²) in [6, 6.07) is 12.8. The summed E-state index contributed by atoms with van der Waals surface area (Å²) in [6.07, 6.45) is 0.816. The van der Waals surface area contributed by atoms with Crippen molar-refractivity contribution >= 4 is 34.0 Å². The Morgan fingerprint density at radius 3 is 2.79 bits per heavy atom. The van der Waals surface area contributed by atoms with E-state index < -0.39 is 0 Å². The number of amides is 1. The summed E-state index contributed by atoms with van der Waals surface area (Å²) in [5.41, 5.74) is 3.82. The number of rotatable bonds is 3. The highest BCUT2D eigenvalue weighted by atomic mass is 35.5. The Labute approximate surface area is 148 Å². The van der Waals surface area contributed by atoms with Crippen LogP contribution in [0.3, 0.4) is 0 Å². The van der Waals surface area contributed by atoms with Crippen LogP contribution in [0.2, 0.25) is 5.02 Å². The van der Waals surface area contributed by atoms with Crippen molar-refractivity contribution in [3.8, 4) is 17.0 Å². The van der Waals surface area contributed by atoms with Crippen LogP contribution in [0, 0.1) is 0 Å². The number of ether oxygens (including phenoxy) is 1.